The standard InChI is InChI=1S/C14H13F2NO/c1-9-13(17)3-2-4-14(9)18-8-10-7-11(15)5-6-12(10)16/h2-7H,8,17H2,1H3. The lowest BCUT2D eigenvalue weighted by atomic mass is 10.2. The summed E-state index contributed by atoms with van der Waals surface area (Å²) in [6, 6.07) is 8.52. The van der Waals surface area contributed by atoms with Gasteiger partial charge in [0, 0.05) is 16.8 Å². The van der Waals surface area contributed by atoms with Crippen molar-refractivity contribution in [3.05, 3.63) is 59.2 Å². The third kappa shape index (κ3) is 2.59. The largest absolute Gasteiger partial charge is 0.488 e. The number of nitrogens with two attached hydrogens (primary N) is 1. The zero-order valence-electron chi connectivity index (χ0n) is 9.91. The van der Waals surface area contributed by atoms with Crippen LogP contribution in [0.1, 0.15) is 11.1 Å². The minimum atomic E-state index is -0.488. The Morgan fingerprint density at radius 1 is 1.17 bits per heavy atom. The molecule has 0 radical (unpaired) electrons. The van der Waals surface area contributed by atoms with Crippen LogP contribution in [0.2, 0.25) is 0 Å². The van der Waals surface area contributed by atoms with Crippen molar-refractivity contribution < 1.29 is 13.5 Å². The SMILES string of the molecule is Cc1c(N)cccc1OCc1cc(F)ccc1F. The lowest BCUT2D eigenvalue weighted by Crippen LogP contribution is -2.01. The molecule has 0 aromatic heterocycles. The van der Waals surface area contributed by atoms with Crippen LogP contribution >= 0.6 is 0 Å². The van der Waals surface area contributed by atoms with Gasteiger partial charge in [-0.15, -0.1) is 0 Å². The number of rotatable bonds is 3. The van der Waals surface area contributed by atoms with Gasteiger partial charge in [-0.05, 0) is 37.3 Å². The summed E-state index contributed by atoms with van der Waals surface area (Å²) in [6.07, 6.45) is 0. The second-order valence-corrected chi connectivity index (χ2v) is 3.99. The minimum Gasteiger partial charge on any atom is -0.488 e. The van der Waals surface area contributed by atoms with Gasteiger partial charge >= 0.3 is 0 Å². The van der Waals surface area contributed by atoms with Gasteiger partial charge in [-0.3, -0.25) is 0 Å². The summed E-state index contributed by atoms with van der Waals surface area (Å²) in [5.74, 6) is -0.407. The molecule has 18 heavy (non-hydrogen) atoms. The first-order valence-electron chi connectivity index (χ1n) is 5.50. The Morgan fingerprint density at radius 3 is 2.72 bits per heavy atom. The molecule has 2 aromatic rings. The summed E-state index contributed by atoms with van der Waals surface area (Å²) in [5.41, 5.74) is 7.30. The van der Waals surface area contributed by atoms with Gasteiger partial charge in [-0.25, -0.2) is 8.78 Å². The molecule has 2 N–H and O–H groups in total. The van der Waals surface area contributed by atoms with E-state index in [0.29, 0.717) is 11.4 Å². The molecule has 2 rings (SSSR count). The van der Waals surface area contributed by atoms with Crippen LogP contribution < -0.4 is 10.5 Å². The zero-order valence-corrected chi connectivity index (χ0v) is 9.91. The van der Waals surface area contributed by atoms with Gasteiger partial charge in [0.2, 0.25) is 0 Å². The molecular weight excluding hydrogens is 236 g/mol. The van der Waals surface area contributed by atoms with Crippen molar-refractivity contribution in [2.45, 2.75) is 13.5 Å². The van der Waals surface area contributed by atoms with Crippen LogP contribution in [0, 0.1) is 18.6 Å². The summed E-state index contributed by atoms with van der Waals surface area (Å²) < 4.78 is 31.8. The molecule has 0 saturated carbocycles. The zero-order chi connectivity index (χ0) is 13.1. The van der Waals surface area contributed by atoms with Gasteiger partial charge in [-0.2, -0.15) is 0 Å². The monoisotopic (exact) mass is 249 g/mol. The first-order chi connectivity index (χ1) is 8.58. The van der Waals surface area contributed by atoms with Crippen LogP contribution in [-0.4, -0.2) is 0 Å². The normalized spacial score (nSPS) is 10.4. The van der Waals surface area contributed by atoms with Gasteiger partial charge in [-0.1, -0.05) is 6.07 Å². The van der Waals surface area contributed by atoms with Crippen molar-refractivity contribution in [3.8, 4) is 5.75 Å². The highest BCUT2D eigenvalue weighted by Gasteiger charge is 2.07. The van der Waals surface area contributed by atoms with Gasteiger partial charge in [0.1, 0.15) is 24.0 Å². The average molecular weight is 249 g/mol. The molecule has 0 aliphatic rings. The minimum absolute atomic E-state index is 0.0338. The lowest BCUT2D eigenvalue weighted by molar-refractivity contribution is 0.297. The Labute approximate surface area is 104 Å². The van der Waals surface area contributed by atoms with E-state index in [1.165, 1.54) is 0 Å². The summed E-state index contributed by atoms with van der Waals surface area (Å²) in [7, 11) is 0. The Balaban J connectivity index is 2.16. The van der Waals surface area contributed by atoms with E-state index in [9.17, 15) is 8.78 Å². The van der Waals surface area contributed by atoms with Crippen molar-refractivity contribution in [1.29, 1.82) is 0 Å². The highest BCUT2D eigenvalue weighted by atomic mass is 19.1. The van der Waals surface area contributed by atoms with Crippen molar-refractivity contribution >= 4 is 5.69 Å². The molecule has 0 unspecified atom stereocenters. The number of halogens is 2. The highest BCUT2D eigenvalue weighted by molar-refractivity contribution is 5.53. The Kier molecular flexibility index (Phi) is 3.46. The molecule has 2 aromatic carbocycles. The topological polar surface area (TPSA) is 35.2 Å². The maximum Gasteiger partial charge on any atom is 0.130 e. The number of anilines is 1. The molecule has 0 amide bonds. The van der Waals surface area contributed by atoms with Gasteiger partial charge in [0.05, 0.1) is 0 Å². The molecule has 2 nitrogen and oxygen atoms in total. The van der Waals surface area contributed by atoms with Gasteiger partial charge < -0.3 is 10.5 Å². The fourth-order valence-corrected chi connectivity index (χ4v) is 1.60. The van der Waals surface area contributed by atoms with E-state index in [1.807, 2.05) is 6.92 Å². The van der Waals surface area contributed by atoms with Crippen LogP contribution in [0.4, 0.5) is 14.5 Å². The predicted octanol–water partition coefficient (Wildman–Crippen LogP) is 3.43. The van der Waals surface area contributed by atoms with Crippen LogP contribution in [0.25, 0.3) is 0 Å². The summed E-state index contributed by atoms with van der Waals surface area (Å²) >= 11 is 0. The fraction of sp³-hybridized carbons (Fsp3) is 0.143. The maximum atomic E-state index is 13.4. The van der Waals surface area contributed by atoms with Crippen LogP contribution in [-0.2, 0) is 6.61 Å². The van der Waals surface area contributed by atoms with Crippen LogP contribution in [0.5, 0.6) is 5.75 Å². The molecular formula is C14H13F2NO. The van der Waals surface area contributed by atoms with Gasteiger partial charge in [0.15, 0.2) is 0 Å². The lowest BCUT2D eigenvalue weighted by Gasteiger charge is -2.11. The summed E-state index contributed by atoms with van der Waals surface area (Å²) in [4.78, 5) is 0. The smallest absolute Gasteiger partial charge is 0.130 e. The molecule has 4 heteroatoms. The third-order valence-corrected chi connectivity index (χ3v) is 2.72. The van der Waals surface area contributed by atoms with E-state index in [4.69, 9.17) is 10.5 Å². The molecule has 0 fully saturated rings. The van der Waals surface area contributed by atoms with Crippen molar-refractivity contribution in [1.82, 2.24) is 0 Å². The van der Waals surface area contributed by atoms with Crippen LogP contribution in [0.3, 0.4) is 0 Å². The second-order valence-electron chi connectivity index (χ2n) is 3.99. The average Bonchev–Trinajstić information content (AvgIpc) is 2.35. The van der Waals surface area contributed by atoms with E-state index in [0.717, 1.165) is 23.8 Å². The van der Waals surface area contributed by atoms with E-state index in [-0.39, 0.29) is 12.2 Å². The van der Waals surface area contributed by atoms with Crippen molar-refractivity contribution in [2.24, 2.45) is 0 Å². The second kappa shape index (κ2) is 5.04. The number of hydrogen-bond acceptors (Lipinski definition) is 2. The molecule has 0 aliphatic carbocycles. The van der Waals surface area contributed by atoms with Gasteiger partial charge in [0.25, 0.3) is 0 Å². The van der Waals surface area contributed by atoms with E-state index < -0.39 is 11.6 Å². The number of ether oxygens (including phenoxy) is 1. The Bertz CT molecular complexity index is 568. The van der Waals surface area contributed by atoms with Crippen LogP contribution in [0.15, 0.2) is 36.4 Å². The number of hydrogen-bond donors (Lipinski definition) is 1. The quantitative estimate of drug-likeness (QED) is 0.846. The molecule has 0 bridgehead atoms. The number of benzene rings is 2. The first kappa shape index (κ1) is 12.4. The fourth-order valence-electron chi connectivity index (χ4n) is 1.60. The van der Waals surface area contributed by atoms with Crippen molar-refractivity contribution in [2.75, 3.05) is 5.73 Å². The molecule has 0 spiro atoms. The molecule has 0 aliphatic heterocycles. The summed E-state index contributed by atoms with van der Waals surface area (Å²) in [6.45, 7) is 1.78. The molecule has 0 atom stereocenters. The third-order valence-electron chi connectivity index (χ3n) is 2.72. The van der Waals surface area contributed by atoms with E-state index >= 15 is 0 Å². The maximum absolute atomic E-state index is 13.4. The molecule has 94 valence electrons. The Hall–Kier alpha value is -2.10. The van der Waals surface area contributed by atoms with E-state index in [2.05, 4.69) is 0 Å². The van der Waals surface area contributed by atoms with Crippen molar-refractivity contribution in [3.63, 3.8) is 0 Å². The van der Waals surface area contributed by atoms with E-state index in [1.54, 1.807) is 18.2 Å². The highest BCUT2D eigenvalue weighted by Crippen LogP contribution is 2.24. The Morgan fingerprint density at radius 2 is 1.94 bits per heavy atom. The predicted molar refractivity (Wildman–Crippen MR) is 66.3 cm³/mol. The number of nitrogen functional groups attached to an aromatic ring is 1. The molecule has 0 saturated heterocycles. The molecule has 0 heterocycles. The summed E-state index contributed by atoms with van der Waals surface area (Å²) in [5, 5.41) is 0. The first-order valence-corrected chi connectivity index (χ1v) is 5.50.